The van der Waals surface area contributed by atoms with Gasteiger partial charge in [0.1, 0.15) is 0 Å². The van der Waals surface area contributed by atoms with Gasteiger partial charge in [0.25, 0.3) is 0 Å². The van der Waals surface area contributed by atoms with Crippen molar-refractivity contribution in [1.29, 1.82) is 0 Å². The van der Waals surface area contributed by atoms with Crippen LogP contribution in [0.15, 0.2) is 0 Å². The van der Waals surface area contributed by atoms with Crippen molar-refractivity contribution in [3.63, 3.8) is 0 Å². The van der Waals surface area contributed by atoms with Crippen molar-refractivity contribution in [2.75, 3.05) is 5.75 Å². The number of thiocarbonyl (C=S) groups is 1. The minimum atomic E-state index is -3.24. The quantitative estimate of drug-likeness (QED) is 0.537. The Morgan fingerprint density at radius 3 is 1.93 bits per heavy atom. The molecule has 0 fully saturated rings. The summed E-state index contributed by atoms with van der Waals surface area (Å²) in [7, 11) is -3.24. The molecule has 0 saturated heterocycles. The molecule has 0 aromatic heterocycles. The summed E-state index contributed by atoms with van der Waals surface area (Å²) < 4.78 is 23.3. The highest BCUT2D eigenvalue weighted by atomic mass is 32.2. The summed E-state index contributed by atoms with van der Waals surface area (Å²) in [5.74, 6) is 0.770. The second-order valence-corrected chi connectivity index (χ2v) is 7.91. The summed E-state index contributed by atoms with van der Waals surface area (Å²) in [6, 6.07) is 0. The maximum absolute atomic E-state index is 12.3. The van der Waals surface area contributed by atoms with Gasteiger partial charge in [0.2, 0.25) is 0 Å². The largest absolute Gasteiger partial charge is 0.378 e. The lowest BCUT2D eigenvalue weighted by molar-refractivity contribution is 0.153. The normalized spacial score (nSPS) is 12.5. The first kappa shape index (κ1) is 15.6. The molecule has 0 aliphatic heterocycles. The monoisotopic (exact) mass is 270 g/mol. The number of thioether (sulfide) groups is 1. The van der Waals surface area contributed by atoms with E-state index in [-0.39, 0.29) is 12.2 Å². The Balaban J connectivity index is 4.69. The Morgan fingerprint density at radius 2 is 1.67 bits per heavy atom. The zero-order valence-electron chi connectivity index (χ0n) is 9.85. The highest BCUT2D eigenvalue weighted by Gasteiger charge is 2.33. The van der Waals surface area contributed by atoms with E-state index < -0.39 is 7.60 Å². The Morgan fingerprint density at radius 1 is 1.27 bits per heavy atom. The number of rotatable bonds is 6. The van der Waals surface area contributed by atoms with Crippen molar-refractivity contribution in [3.8, 4) is 0 Å². The highest BCUT2D eigenvalue weighted by Crippen LogP contribution is 2.55. The van der Waals surface area contributed by atoms with Crippen LogP contribution in [0.25, 0.3) is 0 Å². The van der Waals surface area contributed by atoms with Crippen molar-refractivity contribution in [2.45, 2.75) is 46.8 Å². The third kappa shape index (κ3) is 6.03. The standard InChI is InChI=1S/C9H19O3PS2/c1-6-15-9(14)13(10,11-7(2)3)12-8(4)5/h7-8H,6H2,1-5H3. The zero-order chi connectivity index (χ0) is 12.1. The first-order chi connectivity index (χ1) is 6.81. The maximum atomic E-state index is 12.3. The van der Waals surface area contributed by atoms with Crippen LogP contribution >= 0.6 is 31.6 Å². The highest BCUT2D eigenvalue weighted by molar-refractivity contribution is 8.35. The lowest BCUT2D eigenvalue weighted by Crippen LogP contribution is -2.11. The Bertz CT molecular complexity index is 240. The Hall–Kier alpha value is 0.590. The van der Waals surface area contributed by atoms with Gasteiger partial charge in [0.15, 0.2) is 3.94 Å². The minimum absolute atomic E-state index is 0.162. The maximum Gasteiger partial charge on any atom is 0.378 e. The van der Waals surface area contributed by atoms with E-state index in [1.165, 1.54) is 11.8 Å². The molecule has 90 valence electrons. The van der Waals surface area contributed by atoms with Crippen LogP contribution in [0.2, 0.25) is 0 Å². The van der Waals surface area contributed by atoms with Crippen LogP contribution in [0.1, 0.15) is 34.6 Å². The third-order valence-corrected chi connectivity index (χ3v) is 5.65. The average molecular weight is 270 g/mol. The molecule has 0 saturated carbocycles. The molecule has 0 aliphatic rings. The molecule has 0 aliphatic carbocycles. The first-order valence-corrected chi connectivity index (χ1v) is 7.89. The Labute approximate surface area is 102 Å². The van der Waals surface area contributed by atoms with Gasteiger partial charge in [-0.1, -0.05) is 19.1 Å². The fourth-order valence-corrected chi connectivity index (χ4v) is 4.34. The third-order valence-electron chi connectivity index (χ3n) is 1.19. The van der Waals surface area contributed by atoms with Gasteiger partial charge >= 0.3 is 7.60 Å². The molecule has 0 amide bonds. The minimum Gasteiger partial charge on any atom is -0.302 e. The predicted molar refractivity (Wildman–Crippen MR) is 70.8 cm³/mol. The van der Waals surface area contributed by atoms with Crippen LogP contribution in [-0.4, -0.2) is 21.9 Å². The van der Waals surface area contributed by atoms with Crippen LogP contribution in [0, 0.1) is 0 Å². The molecule has 0 N–H and O–H groups in total. The molecule has 0 radical (unpaired) electrons. The number of hydrogen-bond acceptors (Lipinski definition) is 5. The summed E-state index contributed by atoms with van der Waals surface area (Å²) in [6.07, 6.45) is -0.324. The zero-order valence-corrected chi connectivity index (χ0v) is 12.4. The summed E-state index contributed by atoms with van der Waals surface area (Å²) >= 11 is 6.42. The van der Waals surface area contributed by atoms with E-state index >= 15 is 0 Å². The van der Waals surface area contributed by atoms with Crippen LogP contribution in [0.3, 0.4) is 0 Å². The fourth-order valence-electron chi connectivity index (χ4n) is 0.869. The summed E-state index contributed by atoms with van der Waals surface area (Å²) in [6.45, 7) is 9.21. The molecule has 3 nitrogen and oxygen atoms in total. The lowest BCUT2D eigenvalue weighted by Gasteiger charge is -2.22. The molecule has 0 atom stereocenters. The summed E-state index contributed by atoms with van der Waals surface area (Å²) in [5, 5.41) is 0. The van der Waals surface area contributed by atoms with Gasteiger partial charge in [-0.25, -0.2) is 0 Å². The molecular weight excluding hydrogens is 251 g/mol. The van der Waals surface area contributed by atoms with Crippen molar-refractivity contribution >= 4 is 35.5 Å². The van der Waals surface area contributed by atoms with Gasteiger partial charge in [0.05, 0.1) is 12.2 Å². The smallest absolute Gasteiger partial charge is 0.302 e. The molecule has 0 heterocycles. The SMILES string of the molecule is CCSC(=S)P(=O)(OC(C)C)OC(C)C. The van der Waals surface area contributed by atoms with E-state index in [2.05, 4.69) is 0 Å². The molecule has 0 aromatic carbocycles. The van der Waals surface area contributed by atoms with E-state index in [4.69, 9.17) is 21.3 Å². The topological polar surface area (TPSA) is 35.5 Å². The van der Waals surface area contributed by atoms with Crippen molar-refractivity contribution in [2.24, 2.45) is 0 Å². The van der Waals surface area contributed by atoms with E-state index in [0.717, 1.165) is 5.75 Å². The van der Waals surface area contributed by atoms with Gasteiger partial charge in [-0.05, 0) is 33.4 Å². The predicted octanol–water partition coefficient (Wildman–Crippen LogP) is 4.07. The van der Waals surface area contributed by atoms with Crippen molar-refractivity contribution in [1.82, 2.24) is 0 Å². The van der Waals surface area contributed by atoms with Crippen LogP contribution in [0.4, 0.5) is 0 Å². The number of hydrogen-bond donors (Lipinski definition) is 0. The molecular formula is C9H19O3PS2. The van der Waals surface area contributed by atoms with Crippen molar-refractivity contribution in [3.05, 3.63) is 0 Å². The van der Waals surface area contributed by atoms with Crippen LogP contribution in [0.5, 0.6) is 0 Å². The molecule has 6 heteroatoms. The van der Waals surface area contributed by atoms with Gasteiger partial charge in [0, 0.05) is 0 Å². The average Bonchev–Trinajstić information content (AvgIpc) is 2.01. The van der Waals surface area contributed by atoms with E-state index in [0.29, 0.717) is 3.94 Å². The second kappa shape index (κ2) is 7.02. The van der Waals surface area contributed by atoms with Crippen LogP contribution < -0.4 is 0 Å². The summed E-state index contributed by atoms with van der Waals surface area (Å²) in [5.41, 5.74) is 0. The second-order valence-electron chi connectivity index (χ2n) is 3.50. The van der Waals surface area contributed by atoms with Gasteiger partial charge in [-0.15, -0.1) is 11.8 Å². The van der Waals surface area contributed by atoms with E-state index in [1.807, 2.05) is 34.6 Å². The summed E-state index contributed by atoms with van der Waals surface area (Å²) in [4.78, 5) is 0. The molecule has 0 spiro atoms. The molecule has 0 unspecified atom stereocenters. The van der Waals surface area contributed by atoms with Crippen molar-refractivity contribution < 1.29 is 13.6 Å². The van der Waals surface area contributed by atoms with E-state index in [9.17, 15) is 4.57 Å². The molecule has 0 rings (SSSR count). The molecule has 0 bridgehead atoms. The molecule has 15 heavy (non-hydrogen) atoms. The lowest BCUT2D eigenvalue weighted by atomic mass is 10.5. The first-order valence-electron chi connectivity index (χ1n) is 4.96. The van der Waals surface area contributed by atoms with Gasteiger partial charge in [-0.3, -0.25) is 4.57 Å². The molecule has 0 aromatic rings. The fraction of sp³-hybridized carbons (Fsp3) is 0.889. The van der Waals surface area contributed by atoms with Gasteiger partial charge < -0.3 is 9.05 Å². The van der Waals surface area contributed by atoms with E-state index in [1.54, 1.807) is 0 Å². The van der Waals surface area contributed by atoms with Gasteiger partial charge in [-0.2, -0.15) is 0 Å². The Kier molecular flexibility index (Phi) is 7.30. The van der Waals surface area contributed by atoms with Crippen LogP contribution in [-0.2, 0) is 13.6 Å².